The Hall–Kier alpha value is -1.30. The predicted octanol–water partition coefficient (Wildman–Crippen LogP) is 1.71. The molecule has 0 bridgehead atoms. The van der Waals surface area contributed by atoms with Crippen LogP contribution in [-0.4, -0.2) is 56.3 Å². The van der Waals surface area contributed by atoms with Crippen molar-refractivity contribution in [3.63, 3.8) is 0 Å². The number of piperidine rings is 1. The van der Waals surface area contributed by atoms with E-state index < -0.39 is 0 Å². The highest BCUT2D eigenvalue weighted by atomic mass is 35.5. The van der Waals surface area contributed by atoms with Crippen LogP contribution in [0.4, 0.5) is 0 Å². The number of carbonyl (C=O) groups is 1. The molecule has 2 aliphatic rings. The van der Waals surface area contributed by atoms with Gasteiger partial charge in [-0.3, -0.25) is 4.79 Å². The maximum absolute atomic E-state index is 12.4. The van der Waals surface area contributed by atoms with Crippen LogP contribution in [-0.2, 0) is 9.53 Å². The molecule has 0 aliphatic carbocycles. The normalized spacial score (nSPS) is 22.3. The second kappa shape index (κ2) is 9.11. The fraction of sp³-hybridized carbons (Fsp3) is 0.588. The number of halogens is 1. The van der Waals surface area contributed by atoms with Crippen LogP contribution in [0.3, 0.4) is 0 Å². The third-order valence-electron chi connectivity index (χ3n) is 4.37. The molecule has 2 heterocycles. The number of para-hydroxylation sites is 1. The number of morpholine rings is 1. The van der Waals surface area contributed by atoms with Crippen LogP contribution in [0.1, 0.15) is 12.8 Å². The van der Waals surface area contributed by atoms with Gasteiger partial charge in [-0.1, -0.05) is 18.2 Å². The molecule has 1 atom stereocenters. The van der Waals surface area contributed by atoms with Gasteiger partial charge in [0.2, 0.25) is 5.91 Å². The summed E-state index contributed by atoms with van der Waals surface area (Å²) in [4.78, 5) is 14.4. The van der Waals surface area contributed by atoms with Crippen molar-refractivity contribution in [3.05, 3.63) is 30.3 Å². The standard InChI is InChI=1S/C17H24N2O3.ClH/c20-17(16-13-21-11-8-18-16)19-9-6-14(7-10-19)12-22-15-4-2-1-3-5-15;/h1-5,14,16,18H,6-13H2;1H. The number of amides is 1. The zero-order chi connectivity index (χ0) is 15.2. The molecule has 5 nitrogen and oxygen atoms in total. The van der Waals surface area contributed by atoms with Crippen molar-refractivity contribution in [3.8, 4) is 5.75 Å². The van der Waals surface area contributed by atoms with Gasteiger partial charge in [-0.15, -0.1) is 12.4 Å². The smallest absolute Gasteiger partial charge is 0.242 e. The molecule has 0 radical (unpaired) electrons. The second-order valence-corrected chi connectivity index (χ2v) is 5.97. The molecule has 1 N–H and O–H groups in total. The van der Waals surface area contributed by atoms with Crippen molar-refractivity contribution in [1.82, 2.24) is 10.2 Å². The summed E-state index contributed by atoms with van der Waals surface area (Å²) < 4.78 is 11.2. The molecule has 1 aromatic rings. The number of nitrogens with one attached hydrogen (secondary N) is 1. The molecular weight excluding hydrogens is 316 g/mol. The summed E-state index contributed by atoms with van der Waals surface area (Å²) in [6.45, 7) is 4.33. The molecule has 1 unspecified atom stereocenters. The van der Waals surface area contributed by atoms with Crippen molar-refractivity contribution in [2.45, 2.75) is 18.9 Å². The number of carbonyl (C=O) groups excluding carboxylic acids is 1. The minimum absolute atomic E-state index is 0. The van der Waals surface area contributed by atoms with Crippen molar-refractivity contribution < 1.29 is 14.3 Å². The molecule has 2 aliphatic heterocycles. The van der Waals surface area contributed by atoms with Gasteiger partial charge >= 0.3 is 0 Å². The summed E-state index contributed by atoms with van der Waals surface area (Å²) in [5, 5.41) is 3.23. The van der Waals surface area contributed by atoms with E-state index >= 15 is 0 Å². The van der Waals surface area contributed by atoms with Crippen molar-refractivity contribution >= 4 is 18.3 Å². The molecule has 0 saturated carbocycles. The molecule has 1 aromatic carbocycles. The Morgan fingerprint density at radius 2 is 2.00 bits per heavy atom. The summed E-state index contributed by atoms with van der Waals surface area (Å²) in [6, 6.07) is 9.75. The summed E-state index contributed by atoms with van der Waals surface area (Å²) >= 11 is 0. The van der Waals surface area contributed by atoms with Crippen LogP contribution in [0, 0.1) is 5.92 Å². The quantitative estimate of drug-likeness (QED) is 0.906. The first-order valence-electron chi connectivity index (χ1n) is 8.10. The first-order chi connectivity index (χ1) is 10.8. The Kier molecular flexibility index (Phi) is 7.15. The van der Waals surface area contributed by atoms with Crippen LogP contribution in [0.2, 0.25) is 0 Å². The number of nitrogens with zero attached hydrogens (tertiary/aromatic N) is 1. The molecule has 3 rings (SSSR count). The Morgan fingerprint density at radius 1 is 1.26 bits per heavy atom. The van der Waals surface area contributed by atoms with Gasteiger partial charge in [-0.25, -0.2) is 0 Å². The molecule has 0 spiro atoms. The highest BCUT2D eigenvalue weighted by Crippen LogP contribution is 2.20. The van der Waals surface area contributed by atoms with E-state index in [0.717, 1.165) is 44.8 Å². The number of ether oxygens (including phenoxy) is 2. The van der Waals surface area contributed by atoms with Gasteiger partial charge in [0.25, 0.3) is 0 Å². The molecule has 0 aromatic heterocycles. The van der Waals surface area contributed by atoms with Crippen LogP contribution in [0.15, 0.2) is 30.3 Å². The maximum atomic E-state index is 12.4. The lowest BCUT2D eigenvalue weighted by Crippen LogP contribution is -2.54. The van der Waals surface area contributed by atoms with Gasteiger partial charge in [0.15, 0.2) is 0 Å². The molecular formula is C17H25ClN2O3. The third kappa shape index (κ3) is 5.09. The highest BCUT2D eigenvalue weighted by molar-refractivity contribution is 5.85. The topological polar surface area (TPSA) is 50.8 Å². The monoisotopic (exact) mass is 340 g/mol. The Bertz CT molecular complexity index is 472. The molecule has 2 saturated heterocycles. The summed E-state index contributed by atoms with van der Waals surface area (Å²) in [5.41, 5.74) is 0. The van der Waals surface area contributed by atoms with E-state index in [1.165, 1.54) is 0 Å². The fourth-order valence-electron chi connectivity index (χ4n) is 3.00. The lowest BCUT2D eigenvalue weighted by atomic mass is 9.97. The Morgan fingerprint density at radius 3 is 2.65 bits per heavy atom. The largest absolute Gasteiger partial charge is 0.493 e. The lowest BCUT2D eigenvalue weighted by Gasteiger charge is -2.35. The molecule has 128 valence electrons. The molecule has 23 heavy (non-hydrogen) atoms. The fourth-order valence-corrected chi connectivity index (χ4v) is 3.00. The SMILES string of the molecule is Cl.O=C(C1COCCN1)N1CCC(COc2ccccc2)CC1. The number of hydrogen-bond donors (Lipinski definition) is 1. The Balaban J connectivity index is 0.00000192. The Labute approximate surface area is 143 Å². The van der Waals surface area contributed by atoms with Crippen molar-refractivity contribution in [1.29, 1.82) is 0 Å². The zero-order valence-corrected chi connectivity index (χ0v) is 14.1. The third-order valence-corrected chi connectivity index (χ3v) is 4.37. The number of rotatable bonds is 4. The van der Waals surface area contributed by atoms with Crippen LogP contribution < -0.4 is 10.1 Å². The van der Waals surface area contributed by atoms with E-state index in [1.54, 1.807) is 0 Å². The minimum atomic E-state index is -0.161. The highest BCUT2D eigenvalue weighted by Gasteiger charge is 2.29. The van der Waals surface area contributed by atoms with Crippen molar-refractivity contribution in [2.75, 3.05) is 39.5 Å². The van der Waals surface area contributed by atoms with Gasteiger partial charge in [0.1, 0.15) is 11.8 Å². The molecule has 2 fully saturated rings. The van der Waals surface area contributed by atoms with E-state index in [2.05, 4.69) is 5.32 Å². The first kappa shape index (κ1) is 18.0. The van der Waals surface area contributed by atoms with Gasteiger partial charge in [-0.05, 0) is 30.9 Å². The van der Waals surface area contributed by atoms with Crippen LogP contribution >= 0.6 is 12.4 Å². The summed E-state index contributed by atoms with van der Waals surface area (Å²) in [6.07, 6.45) is 2.01. The maximum Gasteiger partial charge on any atom is 0.242 e. The van der Waals surface area contributed by atoms with Crippen LogP contribution in [0.25, 0.3) is 0 Å². The second-order valence-electron chi connectivity index (χ2n) is 5.97. The zero-order valence-electron chi connectivity index (χ0n) is 13.3. The van der Waals surface area contributed by atoms with Crippen molar-refractivity contribution in [2.24, 2.45) is 5.92 Å². The average molecular weight is 341 g/mol. The van der Waals surface area contributed by atoms with E-state index in [4.69, 9.17) is 9.47 Å². The van der Waals surface area contributed by atoms with Gasteiger partial charge in [0, 0.05) is 19.6 Å². The van der Waals surface area contributed by atoms with Gasteiger partial charge in [0.05, 0.1) is 19.8 Å². The predicted molar refractivity (Wildman–Crippen MR) is 91.1 cm³/mol. The summed E-state index contributed by atoms with van der Waals surface area (Å²) in [7, 11) is 0. The van der Waals surface area contributed by atoms with Gasteiger partial charge < -0.3 is 19.7 Å². The van der Waals surface area contributed by atoms with E-state index in [1.807, 2.05) is 35.2 Å². The molecule has 6 heteroatoms. The van der Waals surface area contributed by atoms with E-state index in [9.17, 15) is 4.79 Å². The lowest BCUT2D eigenvalue weighted by molar-refractivity contribution is -0.137. The van der Waals surface area contributed by atoms with Gasteiger partial charge in [-0.2, -0.15) is 0 Å². The minimum Gasteiger partial charge on any atom is -0.493 e. The van der Waals surface area contributed by atoms with E-state index in [0.29, 0.717) is 19.1 Å². The first-order valence-corrected chi connectivity index (χ1v) is 8.10. The number of likely N-dealkylation sites (tertiary alicyclic amines) is 1. The van der Waals surface area contributed by atoms with E-state index in [-0.39, 0.29) is 24.4 Å². The average Bonchev–Trinajstić information content (AvgIpc) is 2.61. The number of benzene rings is 1. The summed E-state index contributed by atoms with van der Waals surface area (Å²) in [5.74, 6) is 1.63. The van der Waals surface area contributed by atoms with Crippen LogP contribution in [0.5, 0.6) is 5.75 Å². The molecule has 1 amide bonds. The number of hydrogen-bond acceptors (Lipinski definition) is 4.